The molecule has 0 saturated heterocycles. The first-order chi connectivity index (χ1) is 14.5. The number of rotatable bonds is 7. The highest BCUT2D eigenvalue weighted by Gasteiger charge is 2.16. The second-order valence-corrected chi connectivity index (χ2v) is 7.04. The van der Waals surface area contributed by atoms with Gasteiger partial charge in [0.05, 0.1) is 12.9 Å². The van der Waals surface area contributed by atoms with Crippen LogP contribution in [-0.4, -0.2) is 20.6 Å². The van der Waals surface area contributed by atoms with Crippen molar-refractivity contribution in [2.24, 2.45) is 0 Å². The second-order valence-electron chi connectivity index (χ2n) is 7.04. The van der Waals surface area contributed by atoms with Crippen molar-refractivity contribution >= 4 is 17.0 Å². The van der Waals surface area contributed by atoms with Gasteiger partial charge in [-0.3, -0.25) is 14.2 Å². The number of aromatic nitrogens is 3. The number of nitrogens with zero attached hydrogens (tertiary/aromatic N) is 3. The van der Waals surface area contributed by atoms with Crippen molar-refractivity contribution in [1.82, 2.24) is 20.0 Å². The number of hydrogen-bond donors (Lipinski definition) is 1. The fraction of sp³-hybridized carbons (Fsp3) is 0.273. The van der Waals surface area contributed by atoms with E-state index in [4.69, 9.17) is 8.94 Å². The highest BCUT2D eigenvalue weighted by atomic mass is 16.5. The Morgan fingerprint density at radius 3 is 2.67 bits per heavy atom. The SMILES string of the molecule is CCc1ccc(-c2noc3c(=O)n(CCC(=O)NCc4ccc(C)o4)cnc23)cc1. The molecule has 8 nitrogen and oxygen atoms in total. The number of amides is 1. The quantitative estimate of drug-likeness (QED) is 0.505. The molecule has 30 heavy (non-hydrogen) atoms. The van der Waals surface area contributed by atoms with E-state index in [2.05, 4.69) is 22.4 Å². The van der Waals surface area contributed by atoms with Gasteiger partial charge in [-0.05, 0) is 31.0 Å². The van der Waals surface area contributed by atoms with Crippen LogP contribution in [0, 0.1) is 6.92 Å². The van der Waals surface area contributed by atoms with Gasteiger partial charge in [0.2, 0.25) is 5.91 Å². The third kappa shape index (κ3) is 4.03. The van der Waals surface area contributed by atoms with Crippen LogP contribution in [-0.2, 0) is 24.3 Å². The van der Waals surface area contributed by atoms with Crippen LogP contribution in [0.4, 0.5) is 0 Å². The fourth-order valence-electron chi connectivity index (χ4n) is 3.18. The molecule has 0 radical (unpaired) electrons. The predicted octanol–water partition coefficient (Wildman–Crippen LogP) is 3.22. The van der Waals surface area contributed by atoms with Crippen molar-refractivity contribution in [3.63, 3.8) is 0 Å². The molecule has 0 fully saturated rings. The van der Waals surface area contributed by atoms with Gasteiger partial charge in [0.15, 0.2) is 0 Å². The maximum Gasteiger partial charge on any atom is 0.299 e. The molecule has 3 heterocycles. The van der Waals surface area contributed by atoms with Crippen LogP contribution in [0.15, 0.2) is 56.5 Å². The molecule has 8 heteroatoms. The van der Waals surface area contributed by atoms with Crippen molar-refractivity contribution in [2.75, 3.05) is 0 Å². The van der Waals surface area contributed by atoms with E-state index in [1.165, 1.54) is 16.5 Å². The van der Waals surface area contributed by atoms with Crippen LogP contribution in [0.2, 0.25) is 0 Å². The Labute approximate surface area is 172 Å². The van der Waals surface area contributed by atoms with Crippen LogP contribution >= 0.6 is 0 Å². The molecule has 0 atom stereocenters. The van der Waals surface area contributed by atoms with E-state index in [0.717, 1.165) is 17.7 Å². The lowest BCUT2D eigenvalue weighted by atomic mass is 10.1. The van der Waals surface area contributed by atoms with Crippen molar-refractivity contribution in [1.29, 1.82) is 0 Å². The first-order valence-electron chi connectivity index (χ1n) is 9.81. The van der Waals surface area contributed by atoms with Gasteiger partial charge in [0, 0.05) is 18.5 Å². The average molecular weight is 406 g/mol. The summed E-state index contributed by atoms with van der Waals surface area (Å²) < 4.78 is 12.1. The molecule has 1 amide bonds. The Kier molecular flexibility index (Phi) is 5.47. The van der Waals surface area contributed by atoms with Gasteiger partial charge in [0.1, 0.15) is 22.7 Å². The Balaban J connectivity index is 1.45. The molecule has 0 unspecified atom stereocenters. The number of carbonyl (C=O) groups excluding carboxylic acids is 1. The molecule has 0 aliphatic carbocycles. The Morgan fingerprint density at radius 1 is 1.17 bits per heavy atom. The molecule has 3 aromatic heterocycles. The number of carbonyl (C=O) groups is 1. The van der Waals surface area contributed by atoms with Crippen LogP contribution < -0.4 is 10.9 Å². The van der Waals surface area contributed by atoms with Crippen molar-refractivity contribution < 1.29 is 13.7 Å². The van der Waals surface area contributed by atoms with E-state index < -0.39 is 0 Å². The zero-order valence-electron chi connectivity index (χ0n) is 16.8. The van der Waals surface area contributed by atoms with E-state index >= 15 is 0 Å². The van der Waals surface area contributed by atoms with Gasteiger partial charge in [-0.2, -0.15) is 0 Å². The summed E-state index contributed by atoms with van der Waals surface area (Å²) in [6.45, 7) is 4.42. The number of benzene rings is 1. The molecule has 4 rings (SSSR count). The van der Waals surface area contributed by atoms with E-state index in [-0.39, 0.29) is 30.0 Å². The molecule has 4 aromatic rings. The average Bonchev–Trinajstić information content (AvgIpc) is 3.38. The van der Waals surface area contributed by atoms with Gasteiger partial charge in [-0.1, -0.05) is 36.3 Å². The Hall–Kier alpha value is -3.68. The van der Waals surface area contributed by atoms with Crippen LogP contribution in [0.3, 0.4) is 0 Å². The topological polar surface area (TPSA) is 103 Å². The normalized spacial score (nSPS) is 11.1. The fourth-order valence-corrected chi connectivity index (χ4v) is 3.18. The molecule has 1 aromatic carbocycles. The molecule has 0 saturated carbocycles. The summed E-state index contributed by atoms with van der Waals surface area (Å²) in [4.78, 5) is 29.2. The minimum Gasteiger partial charge on any atom is -0.465 e. The first kappa shape index (κ1) is 19.6. The lowest BCUT2D eigenvalue weighted by Crippen LogP contribution is -2.27. The van der Waals surface area contributed by atoms with Gasteiger partial charge < -0.3 is 14.3 Å². The number of furan rings is 1. The van der Waals surface area contributed by atoms with Crippen LogP contribution in [0.1, 0.15) is 30.4 Å². The maximum atomic E-state index is 12.7. The van der Waals surface area contributed by atoms with Gasteiger partial charge in [-0.25, -0.2) is 4.98 Å². The second kappa shape index (κ2) is 8.36. The van der Waals surface area contributed by atoms with E-state index in [0.29, 0.717) is 23.5 Å². The van der Waals surface area contributed by atoms with E-state index in [1.807, 2.05) is 43.3 Å². The lowest BCUT2D eigenvalue weighted by molar-refractivity contribution is -0.121. The van der Waals surface area contributed by atoms with Crippen molar-refractivity contribution in [2.45, 2.75) is 39.8 Å². The highest BCUT2D eigenvalue weighted by molar-refractivity contribution is 5.87. The summed E-state index contributed by atoms with van der Waals surface area (Å²) in [7, 11) is 0. The smallest absolute Gasteiger partial charge is 0.299 e. The zero-order chi connectivity index (χ0) is 21.1. The van der Waals surface area contributed by atoms with Crippen LogP contribution in [0.25, 0.3) is 22.4 Å². The summed E-state index contributed by atoms with van der Waals surface area (Å²) in [5, 5.41) is 6.81. The molecule has 0 aliphatic rings. The summed E-state index contributed by atoms with van der Waals surface area (Å²) in [5.41, 5.74) is 2.71. The minimum atomic E-state index is -0.363. The number of fused-ring (bicyclic) bond motifs is 1. The lowest BCUT2D eigenvalue weighted by Gasteiger charge is -2.06. The summed E-state index contributed by atoms with van der Waals surface area (Å²) in [6.07, 6.45) is 2.50. The minimum absolute atomic E-state index is 0.0820. The van der Waals surface area contributed by atoms with Crippen molar-refractivity contribution in [3.05, 3.63) is 70.2 Å². The first-order valence-corrected chi connectivity index (χ1v) is 9.81. The van der Waals surface area contributed by atoms with Crippen molar-refractivity contribution in [3.8, 4) is 11.3 Å². The molecule has 1 N–H and O–H groups in total. The Bertz CT molecular complexity index is 1230. The predicted molar refractivity (Wildman–Crippen MR) is 111 cm³/mol. The molecule has 154 valence electrons. The summed E-state index contributed by atoms with van der Waals surface area (Å²) in [5.74, 6) is 1.28. The van der Waals surface area contributed by atoms with Crippen LogP contribution in [0.5, 0.6) is 0 Å². The largest absolute Gasteiger partial charge is 0.465 e. The van der Waals surface area contributed by atoms with Gasteiger partial charge >= 0.3 is 0 Å². The van der Waals surface area contributed by atoms with E-state index in [1.54, 1.807) is 0 Å². The third-order valence-electron chi connectivity index (χ3n) is 4.92. The molecular weight excluding hydrogens is 384 g/mol. The number of aryl methyl sites for hydroxylation is 3. The van der Waals surface area contributed by atoms with Gasteiger partial charge in [0.25, 0.3) is 11.1 Å². The van der Waals surface area contributed by atoms with E-state index in [9.17, 15) is 9.59 Å². The number of hydrogen-bond acceptors (Lipinski definition) is 6. The molecule has 0 spiro atoms. The summed E-state index contributed by atoms with van der Waals surface area (Å²) in [6, 6.07) is 11.6. The monoisotopic (exact) mass is 406 g/mol. The number of nitrogens with one attached hydrogen (secondary N) is 1. The standard InChI is InChI=1S/C22H22N4O4/c1-3-15-5-7-16(8-6-15)19-20-21(30-25-19)22(28)26(13-24-20)11-10-18(27)23-12-17-9-4-14(2)29-17/h4-9,13H,3,10-12H2,1-2H3,(H,23,27). The third-order valence-corrected chi connectivity index (χ3v) is 4.92. The highest BCUT2D eigenvalue weighted by Crippen LogP contribution is 2.24. The Morgan fingerprint density at radius 2 is 1.97 bits per heavy atom. The van der Waals surface area contributed by atoms with Gasteiger partial charge in [-0.15, -0.1) is 0 Å². The molecule has 0 aliphatic heterocycles. The zero-order valence-corrected chi connectivity index (χ0v) is 16.8. The summed E-state index contributed by atoms with van der Waals surface area (Å²) >= 11 is 0. The molecule has 0 bridgehead atoms. The molecular formula is C22H22N4O4. The maximum absolute atomic E-state index is 12.7.